The lowest BCUT2D eigenvalue weighted by Crippen LogP contribution is -2.44. The fourth-order valence-corrected chi connectivity index (χ4v) is 3.81. The van der Waals surface area contributed by atoms with Crippen LogP contribution >= 0.6 is 11.6 Å². The predicted octanol–water partition coefficient (Wildman–Crippen LogP) is 3.09. The number of aromatic nitrogens is 4. The van der Waals surface area contributed by atoms with Gasteiger partial charge in [-0.2, -0.15) is 9.49 Å². The number of nitrogens with two attached hydrogens (primary N) is 1. The summed E-state index contributed by atoms with van der Waals surface area (Å²) in [5.41, 5.74) is 4.36. The molecule has 0 radical (unpaired) electrons. The van der Waals surface area contributed by atoms with Gasteiger partial charge in [0.15, 0.2) is 0 Å². The molecular weight excluding hydrogens is 463 g/mol. The average molecular weight is 483 g/mol. The molecular formula is C18H20ClF5N6O2. The summed E-state index contributed by atoms with van der Waals surface area (Å²) in [6.07, 6.45) is -3.57. The molecule has 2 aromatic rings. The minimum Gasteiger partial charge on any atom is -0.320 e. The second kappa shape index (κ2) is 9.53. The van der Waals surface area contributed by atoms with Crippen LogP contribution in [0.4, 0.5) is 27.6 Å². The van der Waals surface area contributed by atoms with Crippen molar-refractivity contribution in [1.29, 1.82) is 0 Å². The maximum absolute atomic E-state index is 14.4. The van der Waals surface area contributed by atoms with Crippen LogP contribution in [0.1, 0.15) is 43.7 Å². The Labute approximate surface area is 183 Å². The molecule has 0 aromatic carbocycles. The number of anilines is 1. The van der Waals surface area contributed by atoms with Gasteiger partial charge in [0.25, 0.3) is 11.5 Å². The molecule has 1 saturated carbocycles. The lowest BCUT2D eigenvalue weighted by atomic mass is 9.82. The standard InChI is InChI=1S/C18H20ClF5N6O2/c19-12-5-9(16(31)28-27-12)11(6-13(20)21)30-7-10(15(22)29-30)26-17(32)14(25)8-1-3-18(23,24)4-2-8/h5,7-8,11,13-14H,1-4,6,25H2,(H,26,32)(H,28,31)/t11?,14-/m0/s1. The van der Waals surface area contributed by atoms with Crippen molar-refractivity contribution in [3.05, 3.63) is 39.3 Å². The molecule has 3 rings (SSSR count). The molecule has 1 fully saturated rings. The smallest absolute Gasteiger partial charge is 0.269 e. The highest BCUT2D eigenvalue weighted by Crippen LogP contribution is 2.37. The van der Waals surface area contributed by atoms with Crippen LogP contribution in [0.3, 0.4) is 0 Å². The predicted molar refractivity (Wildman–Crippen MR) is 104 cm³/mol. The third kappa shape index (κ3) is 5.63. The number of nitrogens with one attached hydrogen (secondary N) is 2. The molecule has 0 saturated heterocycles. The van der Waals surface area contributed by atoms with Crippen LogP contribution in [0.25, 0.3) is 0 Å². The highest BCUT2D eigenvalue weighted by atomic mass is 35.5. The first-order chi connectivity index (χ1) is 15.0. The minimum absolute atomic E-state index is 0.0331. The number of alkyl halides is 4. The third-order valence-electron chi connectivity index (χ3n) is 5.40. The van der Waals surface area contributed by atoms with Crippen molar-refractivity contribution < 1.29 is 26.7 Å². The third-order valence-corrected chi connectivity index (χ3v) is 5.59. The summed E-state index contributed by atoms with van der Waals surface area (Å²) in [5, 5.41) is 11.0. The Bertz CT molecular complexity index is 1020. The van der Waals surface area contributed by atoms with Gasteiger partial charge in [-0.15, -0.1) is 5.10 Å². The Morgan fingerprint density at radius 1 is 1.38 bits per heavy atom. The minimum atomic E-state index is -2.88. The second-order valence-electron chi connectivity index (χ2n) is 7.64. The Morgan fingerprint density at radius 3 is 2.66 bits per heavy atom. The Kier molecular flexibility index (Phi) is 7.18. The number of amides is 1. The van der Waals surface area contributed by atoms with E-state index in [-0.39, 0.29) is 23.6 Å². The maximum atomic E-state index is 14.4. The molecule has 2 atom stereocenters. The van der Waals surface area contributed by atoms with E-state index in [0.29, 0.717) is 0 Å². The lowest BCUT2D eigenvalue weighted by Gasteiger charge is -2.31. The number of H-pyrrole nitrogens is 1. The number of halogens is 6. The SMILES string of the molecule is N[C@H](C(=O)Nc1cn(C(CC(F)F)c2cc(Cl)n[nH]c2=O)nc1F)C1CCC(F)(F)CC1. The van der Waals surface area contributed by atoms with Crippen LogP contribution < -0.4 is 16.6 Å². The Hall–Kier alpha value is -2.54. The molecule has 1 unspecified atom stereocenters. The van der Waals surface area contributed by atoms with Gasteiger partial charge >= 0.3 is 0 Å². The van der Waals surface area contributed by atoms with Crippen LogP contribution in [0.5, 0.6) is 0 Å². The zero-order valence-electron chi connectivity index (χ0n) is 16.5. The molecule has 176 valence electrons. The van der Waals surface area contributed by atoms with E-state index in [2.05, 4.69) is 15.5 Å². The first-order valence-corrected chi connectivity index (χ1v) is 10.1. The van der Waals surface area contributed by atoms with E-state index in [1.807, 2.05) is 5.10 Å². The molecule has 8 nitrogen and oxygen atoms in total. The average Bonchev–Trinajstić information content (AvgIpc) is 3.07. The van der Waals surface area contributed by atoms with Gasteiger partial charge in [0.1, 0.15) is 10.8 Å². The van der Waals surface area contributed by atoms with E-state index in [0.717, 1.165) is 16.9 Å². The molecule has 1 aliphatic rings. The maximum Gasteiger partial charge on any atom is 0.269 e. The van der Waals surface area contributed by atoms with Gasteiger partial charge in [0.05, 0.1) is 18.3 Å². The highest BCUT2D eigenvalue weighted by molar-refractivity contribution is 6.29. The normalized spacial score (nSPS) is 18.5. The van der Waals surface area contributed by atoms with Gasteiger partial charge < -0.3 is 11.1 Å². The van der Waals surface area contributed by atoms with E-state index in [9.17, 15) is 31.5 Å². The summed E-state index contributed by atoms with van der Waals surface area (Å²) in [7, 11) is 0. The molecule has 32 heavy (non-hydrogen) atoms. The zero-order chi connectivity index (χ0) is 23.6. The number of carbonyl (C=O) groups excluding carboxylic acids is 1. The van der Waals surface area contributed by atoms with Gasteiger partial charge in [-0.05, 0) is 24.8 Å². The van der Waals surface area contributed by atoms with Gasteiger partial charge in [-0.25, -0.2) is 22.7 Å². The molecule has 0 bridgehead atoms. The second-order valence-corrected chi connectivity index (χ2v) is 8.03. The first-order valence-electron chi connectivity index (χ1n) is 9.69. The summed E-state index contributed by atoms with van der Waals surface area (Å²) >= 11 is 5.73. The largest absolute Gasteiger partial charge is 0.320 e. The van der Waals surface area contributed by atoms with Gasteiger partial charge in [0.2, 0.25) is 18.3 Å². The summed E-state index contributed by atoms with van der Waals surface area (Å²) in [6.45, 7) is 0. The van der Waals surface area contributed by atoms with Crippen LogP contribution in [-0.2, 0) is 4.79 Å². The fourth-order valence-electron chi connectivity index (χ4n) is 3.65. The zero-order valence-corrected chi connectivity index (χ0v) is 17.3. The molecule has 1 amide bonds. The summed E-state index contributed by atoms with van der Waals surface area (Å²) in [5.74, 6) is -5.34. The van der Waals surface area contributed by atoms with Crippen LogP contribution in [-0.4, -0.2) is 44.3 Å². The van der Waals surface area contributed by atoms with Gasteiger partial charge in [0, 0.05) is 24.8 Å². The summed E-state index contributed by atoms with van der Waals surface area (Å²) in [4.78, 5) is 24.5. The number of hydrogen-bond acceptors (Lipinski definition) is 5. The highest BCUT2D eigenvalue weighted by Gasteiger charge is 2.38. The van der Waals surface area contributed by atoms with E-state index in [4.69, 9.17) is 17.3 Å². The number of hydrogen-bond donors (Lipinski definition) is 3. The van der Waals surface area contributed by atoms with Crippen molar-refractivity contribution >= 4 is 23.2 Å². The van der Waals surface area contributed by atoms with E-state index in [1.54, 1.807) is 0 Å². The molecule has 0 spiro atoms. The van der Waals surface area contributed by atoms with Crippen LogP contribution in [0, 0.1) is 11.9 Å². The van der Waals surface area contributed by atoms with E-state index in [1.165, 1.54) is 0 Å². The number of carbonyl (C=O) groups is 1. The Morgan fingerprint density at radius 2 is 2.03 bits per heavy atom. The molecule has 14 heteroatoms. The monoisotopic (exact) mass is 482 g/mol. The van der Waals surface area contributed by atoms with Crippen molar-refractivity contribution in [3.63, 3.8) is 0 Å². The molecule has 2 aromatic heterocycles. The van der Waals surface area contributed by atoms with Gasteiger partial charge in [-0.1, -0.05) is 11.6 Å². The van der Waals surface area contributed by atoms with Gasteiger partial charge in [-0.3, -0.25) is 14.3 Å². The van der Waals surface area contributed by atoms with Crippen molar-refractivity contribution in [2.45, 2.75) is 56.5 Å². The quantitative estimate of drug-likeness (QED) is 0.524. The van der Waals surface area contributed by atoms with Crippen molar-refractivity contribution in [2.24, 2.45) is 11.7 Å². The van der Waals surface area contributed by atoms with Crippen molar-refractivity contribution in [2.75, 3.05) is 5.32 Å². The van der Waals surface area contributed by atoms with E-state index >= 15 is 0 Å². The summed E-state index contributed by atoms with van der Waals surface area (Å²) < 4.78 is 68.0. The fraction of sp³-hybridized carbons (Fsp3) is 0.556. The molecule has 4 N–H and O–H groups in total. The molecule has 2 heterocycles. The Balaban J connectivity index is 1.79. The topological polar surface area (TPSA) is 119 Å². The number of rotatable bonds is 7. The van der Waals surface area contributed by atoms with Crippen LogP contribution in [0.2, 0.25) is 5.15 Å². The number of nitrogens with zero attached hydrogens (tertiary/aromatic N) is 3. The lowest BCUT2D eigenvalue weighted by molar-refractivity contribution is -0.120. The summed E-state index contributed by atoms with van der Waals surface area (Å²) in [6, 6.07) is -1.53. The van der Waals surface area contributed by atoms with Crippen molar-refractivity contribution in [1.82, 2.24) is 20.0 Å². The van der Waals surface area contributed by atoms with E-state index < -0.39 is 72.7 Å². The van der Waals surface area contributed by atoms with Crippen LogP contribution in [0.15, 0.2) is 17.1 Å². The molecule has 1 aliphatic carbocycles. The van der Waals surface area contributed by atoms with Crippen molar-refractivity contribution in [3.8, 4) is 0 Å². The first kappa shape index (κ1) is 24.1. The number of aromatic amines is 1. The molecule has 0 aliphatic heterocycles.